The van der Waals surface area contributed by atoms with Crippen LogP contribution < -0.4 is 9.80 Å². The lowest BCUT2D eigenvalue weighted by Gasteiger charge is -2.37. The zero-order valence-corrected chi connectivity index (χ0v) is 24.5. The Kier molecular flexibility index (Phi) is 8.57. The molecule has 9 nitrogen and oxygen atoms in total. The molecule has 222 valence electrons. The molecule has 1 unspecified atom stereocenters. The van der Waals surface area contributed by atoms with Crippen LogP contribution in [0.15, 0.2) is 48.6 Å². The average Bonchev–Trinajstić information content (AvgIpc) is 3.27. The van der Waals surface area contributed by atoms with Crippen LogP contribution in [0.2, 0.25) is 0 Å². The third kappa shape index (κ3) is 5.07. The quantitative estimate of drug-likeness (QED) is 0.264. The maximum absolute atomic E-state index is 14.5. The molecule has 5 rings (SSSR count). The molecule has 2 fully saturated rings. The molecule has 0 aromatic heterocycles. The molecule has 1 N–H and O–H groups in total. The van der Waals surface area contributed by atoms with E-state index in [-0.39, 0.29) is 25.0 Å². The highest BCUT2D eigenvalue weighted by Gasteiger charge is 2.74. The van der Waals surface area contributed by atoms with Gasteiger partial charge in [0.15, 0.2) is 0 Å². The number of nitrogens with zero attached hydrogens (tertiary/aromatic N) is 3. The number of cyclic esters (lactones) is 1. The summed E-state index contributed by atoms with van der Waals surface area (Å²) in [5, 5.41) is 9.17. The predicted molar refractivity (Wildman–Crippen MR) is 156 cm³/mol. The predicted octanol–water partition coefficient (Wildman–Crippen LogP) is 3.46. The van der Waals surface area contributed by atoms with E-state index >= 15 is 0 Å². The number of esters is 1. The summed E-state index contributed by atoms with van der Waals surface area (Å²) in [5.74, 6) is -2.63. The first-order valence-corrected chi connectivity index (χ1v) is 15.1. The van der Waals surface area contributed by atoms with Gasteiger partial charge in [0.05, 0.1) is 18.1 Å². The number of aliphatic hydroxyl groups is 1. The van der Waals surface area contributed by atoms with Gasteiger partial charge in [-0.2, -0.15) is 0 Å². The SMILES string of the molecule is CCN(CC)c1ccc(N2CC=C[C@]34O[C@@]5(C)C=CCCOC(=O)[C@H]5[C@H]3C(=O)N(CCCCCCO)C4C2=O)cc1. The molecule has 1 aromatic rings. The van der Waals surface area contributed by atoms with Crippen LogP contribution in [0.5, 0.6) is 0 Å². The average molecular weight is 566 g/mol. The molecule has 2 amide bonds. The standard InChI is InChI=1S/C32H43N3O6/c1-4-33(5-2)23-13-15-24(16-14-23)34-20-12-18-32-25(26-30(39)40-22-11-8-17-31(26,3)41-32)28(37)35(27(32)29(34)38)19-9-6-7-10-21-36/h8,12-18,25-27,36H,4-7,9-11,19-22H2,1-3H3/t25-,26+,27?,31-,32-/m0/s1. The van der Waals surface area contributed by atoms with Gasteiger partial charge < -0.3 is 29.3 Å². The van der Waals surface area contributed by atoms with Crippen molar-refractivity contribution in [1.29, 1.82) is 0 Å². The number of fused-ring (bicyclic) bond motifs is 2. The Morgan fingerprint density at radius 1 is 0.951 bits per heavy atom. The van der Waals surface area contributed by atoms with Gasteiger partial charge >= 0.3 is 5.97 Å². The molecule has 1 aromatic carbocycles. The van der Waals surface area contributed by atoms with E-state index in [9.17, 15) is 19.5 Å². The maximum Gasteiger partial charge on any atom is 0.313 e. The molecule has 0 saturated carbocycles. The molecule has 0 bridgehead atoms. The molecule has 2 saturated heterocycles. The Balaban J connectivity index is 1.53. The van der Waals surface area contributed by atoms with Crippen LogP contribution in [-0.2, 0) is 23.9 Å². The van der Waals surface area contributed by atoms with Gasteiger partial charge in [-0.3, -0.25) is 14.4 Å². The van der Waals surface area contributed by atoms with Crippen molar-refractivity contribution in [3.8, 4) is 0 Å². The lowest BCUT2D eigenvalue weighted by Crippen LogP contribution is -2.56. The topological polar surface area (TPSA) is 99.6 Å². The smallest absolute Gasteiger partial charge is 0.313 e. The van der Waals surface area contributed by atoms with Gasteiger partial charge in [0.25, 0.3) is 5.91 Å². The lowest BCUT2D eigenvalue weighted by atomic mass is 9.74. The number of anilines is 2. The number of amides is 2. The van der Waals surface area contributed by atoms with Gasteiger partial charge in [0, 0.05) is 44.2 Å². The van der Waals surface area contributed by atoms with Crippen LogP contribution in [-0.4, -0.2) is 84.4 Å². The van der Waals surface area contributed by atoms with Crippen molar-refractivity contribution < 1.29 is 29.0 Å². The van der Waals surface area contributed by atoms with E-state index in [1.807, 2.05) is 55.5 Å². The monoisotopic (exact) mass is 565 g/mol. The van der Waals surface area contributed by atoms with Gasteiger partial charge in [0.1, 0.15) is 17.6 Å². The second kappa shape index (κ2) is 12.0. The normalized spacial score (nSPS) is 30.8. The Bertz CT molecular complexity index is 1190. The van der Waals surface area contributed by atoms with E-state index in [1.54, 1.807) is 9.80 Å². The van der Waals surface area contributed by atoms with E-state index in [2.05, 4.69) is 18.7 Å². The summed E-state index contributed by atoms with van der Waals surface area (Å²) >= 11 is 0. The fraction of sp³-hybridized carbons (Fsp3) is 0.594. The zero-order valence-electron chi connectivity index (χ0n) is 24.5. The van der Waals surface area contributed by atoms with E-state index in [1.165, 1.54) is 0 Å². The molecule has 1 spiro atoms. The van der Waals surface area contributed by atoms with Crippen LogP contribution in [0.25, 0.3) is 0 Å². The van der Waals surface area contributed by atoms with Crippen LogP contribution in [0.3, 0.4) is 0 Å². The Morgan fingerprint density at radius 3 is 2.39 bits per heavy atom. The molecule has 5 atom stereocenters. The van der Waals surface area contributed by atoms with Crippen LogP contribution in [0.1, 0.15) is 52.9 Å². The summed E-state index contributed by atoms with van der Waals surface area (Å²) in [6, 6.07) is 7.05. The largest absolute Gasteiger partial charge is 0.465 e. The highest BCUT2D eigenvalue weighted by atomic mass is 16.6. The Labute approximate surface area is 242 Å². The number of hydrogen-bond acceptors (Lipinski definition) is 7. The van der Waals surface area contributed by atoms with E-state index in [0.717, 1.165) is 37.3 Å². The van der Waals surface area contributed by atoms with E-state index in [4.69, 9.17) is 9.47 Å². The van der Waals surface area contributed by atoms with Crippen molar-refractivity contribution in [2.24, 2.45) is 11.8 Å². The Hall–Kier alpha value is -3.17. The van der Waals surface area contributed by atoms with Crippen molar-refractivity contribution >= 4 is 29.2 Å². The van der Waals surface area contributed by atoms with Crippen molar-refractivity contribution in [2.75, 3.05) is 49.2 Å². The highest BCUT2D eigenvalue weighted by molar-refractivity contribution is 6.05. The number of rotatable bonds is 10. The summed E-state index contributed by atoms with van der Waals surface area (Å²) in [4.78, 5) is 47.8. The minimum Gasteiger partial charge on any atom is -0.465 e. The van der Waals surface area contributed by atoms with E-state index < -0.39 is 35.0 Å². The van der Waals surface area contributed by atoms with Crippen LogP contribution >= 0.6 is 0 Å². The number of ether oxygens (including phenoxy) is 2. The number of carbonyl (C=O) groups is 3. The van der Waals surface area contributed by atoms with Gasteiger partial charge in [-0.25, -0.2) is 0 Å². The Morgan fingerprint density at radius 2 is 1.68 bits per heavy atom. The van der Waals surface area contributed by atoms with E-state index in [0.29, 0.717) is 32.4 Å². The maximum atomic E-state index is 14.5. The highest BCUT2D eigenvalue weighted by Crippen LogP contribution is 2.57. The molecule has 0 aliphatic carbocycles. The first kappa shape index (κ1) is 29.3. The van der Waals surface area contributed by atoms with Gasteiger partial charge in [0.2, 0.25) is 5.91 Å². The molecule has 4 aliphatic heterocycles. The number of aliphatic hydroxyl groups excluding tert-OH is 1. The molecule has 4 aliphatic rings. The number of hydrogen-bond donors (Lipinski definition) is 1. The molecule has 41 heavy (non-hydrogen) atoms. The summed E-state index contributed by atoms with van der Waals surface area (Å²) < 4.78 is 12.4. The minimum absolute atomic E-state index is 0.130. The zero-order chi connectivity index (χ0) is 29.2. The molecule has 0 radical (unpaired) electrons. The molecular weight excluding hydrogens is 522 g/mol. The first-order valence-electron chi connectivity index (χ1n) is 15.1. The summed E-state index contributed by atoms with van der Waals surface area (Å²) in [6.07, 6.45) is 11.2. The molecule has 9 heteroatoms. The van der Waals surface area contributed by atoms with Crippen LogP contribution in [0, 0.1) is 11.8 Å². The summed E-state index contributed by atoms with van der Waals surface area (Å²) in [7, 11) is 0. The van der Waals surface area contributed by atoms with Crippen molar-refractivity contribution in [2.45, 2.75) is 70.1 Å². The van der Waals surface area contributed by atoms with Gasteiger partial charge in [-0.15, -0.1) is 0 Å². The van der Waals surface area contributed by atoms with Crippen molar-refractivity contribution in [1.82, 2.24) is 4.90 Å². The summed E-state index contributed by atoms with van der Waals surface area (Å²) in [5.41, 5.74) is -0.528. The first-order chi connectivity index (χ1) is 19.8. The molecule has 4 heterocycles. The third-order valence-corrected chi connectivity index (χ3v) is 9.12. The third-order valence-electron chi connectivity index (χ3n) is 9.12. The number of unbranched alkanes of at least 4 members (excludes halogenated alkanes) is 3. The second-order valence-corrected chi connectivity index (χ2v) is 11.6. The van der Waals surface area contributed by atoms with Crippen molar-refractivity contribution in [3.05, 3.63) is 48.6 Å². The van der Waals surface area contributed by atoms with Crippen LogP contribution in [0.4, 0.5) is 11.4 Å². The molecular formula is C32H43N3O6. The second-order valence-electron chi connectivity index (χ2n) is 11.6. The minimum atomic E-state index is -1.29. The van der Waals surface area contributed by atoms with Gasteiger partial charge in [-0.1, -0.05) is 37.1 Å². The number of benzene rings is 1. The number of likely N-dealkylation sites (tertiary alicyclic amines) is 1. The van der Waals surface area contributed by atoms with Crippen molar-refractivity contribution in [3.63, 3.8) is 0 Å². The fourth-order valence-electron chi connectivity index (χ4n) is 7.14. The summed E-state index contributed by atoms with van der Waals surface area (Å²) in [6.45, 7) is 8.90. The fourth-order valence-corrected chi connectivity index (χ4v) is 7.14. The number of carbonyl (C=O) groups excluding carboxylic acids is 3. The van der Waals surface area contributed by atoms with Gasteiger partial charge in [-0.05, 0) is 64.3 Å². The lowest BCUT2D eigenvalue weighted by molar-refractivity contribution is -0.159.